The summed E-state index contributed by atoms with van der Waals surface area (Å²) < 4.78 is 28.8. The van der Waals surface area contributed by atoms with Crippen molar-refractivity contribution in [3.05, 3.63) is 65.7 Å². The van der Waals surface area contributed by atoms with Crippen LogP contribution in [0.15, 0.2) is 59.5 Å². The van der Waals surface area contributed by atoms with Crippen LogP contribution in [0.25, 0.3) is 0 Å². The lowest BCUT2D eigenvalue weighted by Gasteiger charge is -2.33. The molecule has 0 N–H and O–H groups in total. The van der Waals surface area contributed by atoms with Crippen LogP contribution < -0.4 is 0 Å². The number of sulfonamides is 1. The average molecular weight is 370 g/mol. The molecule has 1 spiro atoms. The molecule has 1 atom stereocenters. The monoisotopic (exact) mass is 369 g/mol. The first-order valence-corrected chi connectivity index (χ1v) is 11.1. The van der Waals surface area contributed by atoms with Crippen molar-refractivity contribution in [2.45, 2.75) is 56.4 Å². The molecule has 1 saturated carbocycles. The third-order valence-corrected chi connectivity index (χ3v) is 8.06. The molecule has 1 heterocycles. The summed E-state index contributed by atoms with van der Waals surface area (Å²) in [4.78, 5) is 0.414. The van der Waals surface area contributed by atoms with E-state index in [1.165, 1.54) is 19.3 Å². The van der Waals surface area contributed by atoms with Crippen molar-refractivity contribution in [1.82, 2.24) is 4.31 Å². The van der Waals surface area contributed by atoms with Gasteiger partial charge in [0.05, 0.1) is 10.9 Å². The number of hydrogen-bond acceptors (Lipinski definition) is 2. The van der Waals surface area contributed by atoms with Gasteiger partial charge in [-0.15, -0.1) is 0 Å². The van der Waals surface area contributed by atoms with Gasteiger partial charge in [0, 0.05) is 6.54 Å². The summed E-state index contributed by atoms with van der Waals surface area (Å²) in [6.07, 6.45) is 6.97. The topological polar surface area (TPSA) is 37.4 Å². The zero-order valence-electron chi connectivity index (χ0n) is 15.4. The third-order valence-electron chi connectivity index (χ3n) is 6.19. The van der Waals surface area contributed by atoms with Gasteiger partial charge in [0.1, 0.15) is 0 Å². The molecule has 4 heteroatoms. The van der Waals surface area contributed by atoms with Gasteiger partial charge in [-0.05, 0) is 49.3 Å². The van der Waals surface area contributed by atoms with E-state index in [-0.39, 0.29) is 11.5 Å². The lowest BCUT2D eigenvalue weighted by molar-refractivity contribution is 0.205. The van der Waals surface area contributed by atoms with E-state index in [4.69, 9.17) is 0 Å². The Morgan fingerprint density at radius 1 is 0.923 bits per heavy atom. The van der Waals surface area contributed by atoms with Crippen molar-refractivity contribution in [2.24, 2.45) is 5.41 Å². The quantitative estimate of drug-likeness (QED) is 0.756. The molecule has 1 saturated heterocycles. The third kappa shape index (κ3) is 3.21. The van der Waals surface area contributed by atoms with Crippen LogP contribution in [0.3, 0.4) is 0 Å². The van der Waals surface area contributed by atoms with Gasteiger partial charge >= 0.3 is 0 Å². The Labute approximate surface area is 157 Å². The van der Waals surface area contributed by atoms with Crippen LogP contribution in [-0.4, -0.2) is 19.3 Å². The Balaban J connectivity index is 1.74. The molecular formula is C22H27NO2S. The predicted molar refractivity (Wildman–Crippen MR) is 104 cm³/mol. The second kappa shape index (κ2) is 6.82. The highest BCUT2D eigenvalue weighted by Crippen LogP contribution is 2.52. The summed E-state index contributed by atoms with van der Waals surface area (Å²) >= 11 is 0. The molecule has 2 fully saturated rings. The number of hydrogen-bond donors (Lipinski definition) is 0. The molecule has 138 valence electrons. The van der Waals surface area contributed by atoms with Gasteiger partial charge in [-0.25, -0.2) is 8.42 Å². The van der Waals surface area contributed by atoms with Gasteiger partial charge in [-0.1, -0.05) is 67.3 Å². The largest absolute Gasteiger partial charge is 0.243 e. The van der Waals surface area contributed by atoms with Crippen molar-refractivity contribution in [2.75, 3.05) is 6.54 Å². The minimum absolute atomic E-state index is 0.0550. The van der Waals surface area contributed by atoms with Gasteiger partial charge < -0.3 is 0 Å². The van der Waals surface area contributed by atoms with Crippen LogP contribution in [0.5, 0.6) is 0 Å². The van der Waals surface area contributed by atoms with E-state index in [1.807, 2.05) is 37.3 Å². The van der Waals surface area contributed by atoms with E-state index in [0.717, 1.165) is 30.4 Å². The number of rotatable bonds is 3. The maximum atomic E-state index is 13.5. The van der Waals surface area contributed by atoms with Crippen molar-refractivity contribution in [3.8, 4) is 0 Å². The molecule has 0 aromatic heterocycles. The molecule has 2 aromatic rings. The normalized spacial score (nSPS) is 23.3. The van der Waals surface area contributed by atoms with Crippen molar-refractivity contribution < 1.29 is 8.42 Å². The molecular weight excluding hydrogens is 342 g/mol. The van der Waals surface area contributed by atoms with E-state index >= 15 is 0 Å². The van der Waals surface area contributed by atoms with E-state index in [9.17, 15) is 8.42 Å². The Kier molecular flexibility index (Phi) is 4.66. The second-order valence-electron chi connectivity index (χ2n) is 8.05. The van der Waals surface area contributed by atoms with Crippen LogP contribution >= 0.6 is 0 Å². The highest BCUT2D eigenvalue weighted by atomic mass is 32.2. The van der Waals surface area contributed by atoms with Crippen LogP contribution in [0.1, 0.15) is 55.7 Å². The molecule has 0 bridgehead atoms. The molecule has 2 aliphatic rings. The van der Waals surface area contributed by atoms with Crippen LogP contribution in [0.4, 0.5) is 0 Å². The van der Waals surface area contributed by atoms with Crippen LogP contribution in [0.2, 0.25) is 0 Å². The minimum atomic E-state index is -3.49. The zero-order valence-corrected chi connectivity index (χ0v) is 16.2. The van der Waals surface area contributed by atoms with Crippen molar-refractivity contribution in [3.63, 3.8) is 0 Å². The second-order valence-corrected chi connectivity index (χ2v) is 9.95. The standard InChI is InChI=1S/C22H27NO2S/c1-18-10-12-20(13-11-18)26(24,25)23-17-22(14-6-3-7-15-22)16-21(23)19-8-4-2-5-9-19/h2,4-5,8-13,21H,3,6-7,14-17H2,1H3/t21-/m0/s1. The summed E-state index contributed by atoms with van der Waals surface area (Å²) in [5.74, 6) is 0. The van der Waals surface area contributed by atoms with Gasteiger partial charge in [0.15, 0.2) is 0 Å². The summed E-state index contributed by atoms with van der Waals surface area (Å²) in [6, 6.07) is 17.4. The molecule has 1 aliphatic carbocycles. The Hall–Kier alpha value is -1.65. The van der Waals surface area contributed by atoms with Gasteiger partial charge in [0.2, 0.25) is 10.0 Å². The van der Waals surface area contributed by atoms with Crippen LogP contribution in [0, 0.1) is 12.3 Å². The predicted octanol–water partition coefficient (Wildman–Crippen LogP) is 5.08. The molecule has 0 radical (unpaired) electrons. The minimum Gasteiger partial charge on any atom is -0.207 e. The lowest BCUT2D eigenvalue weighted by atomic mass is 9.72. The Bertz CT molecular complexity index is 853. The van der Waals surface area contributed by atoms with E-state index in [2.05, 4.69) is 12.1 Å². The number of benzene rings is 2. The van der Waals surface area contributed by atoms with E-state index < -0.39 is 10.0 Å². The first-order valence-electron chi connectivity index (χ1n) is 9.64. The zero-order chi connectivity index (χ0) is 18.2. The molecule has 0 amide bonds. The van der Waals surface area contributed by atoms with E-state index in [0.29, 0.717) is 11.4 Å². The number of aryl methyl sites for hydroxylation is 1. The van der Waals surface area contributed by atoms with Gasteiger partial charge in [-0.3, -0.25) is 0 Å². The summed E-state index contributed by atoms with van der Waals surface area (Å²) in [5, 5.41) is 0. The highest BCUT2D eigenvalue weighted by Gasteiger charge is 2.49. The lowest BCUT2D eigenvalue weighted by Crippen LogP contribution is -2.34. The smallest absolute Gasteiger partial charge is 0.207 e. The van der Waals surface area contributed by atoms with Gasteiger partial charge in [0.25, 0.3) is 0 Å². The fourth-order valence-corrected chi connectivity index (χ4v) is 6.46. The van der Waals surface area contributed by atoms with Gasteiger partial charge in [-0.2, -0.15) is 4.31 Å². The maximum Gasteiger partial charge on any atom is 0.243 e. The summed E-state index contributed by atoms with van der Waals surface area (Å²) in [7, 11) is -3.49. The molecule has 26 heavy (non-hydrogen) atoms. The Morgan fingerprint density at radius 3 is 2.23 bits per heavy atom. The van der Waals surface area contributed by atoms with E-state index in [1.54, 1.807) is 16.4 Å². The fourth-order valence-electron chi connectivity index (χ4n) is 4.74. The number of nitrogens with zero attached hydrogens (tertiary/aromatic N) is 1. The molecule has 2 aromatic carbocycles. The highest BCUT2D eigenvalue weighted by molar-refractivity contribution is 7.89. The molecule has 3 nitrogen and oxygen atoms in total. The first kappa shape index (κ1) is 17.7. The average Bonchev–Trinajstić information content (AvgIpc) is 3.03. The van der Waals surface area contributed by atoms with Crippen molar-refractivity contribution in [1.29, 1.82) is 0 Å². The Morgan fingerprint density at radius 2 is 1.58 bits per heavy atom. The SMILES string of the molecule is Cc1ccc(S(=O)(=O)N2CC3(CCCCC3)C[C@H]2c2ccccc2)cc1. The molecule has 0 unspecified atom stereocenters. The van der Waals surface area contributed by atoms with Crippen LogP contribution in [-0.2, 0) is 10.0 Å². The maximum absolute atomic E-state index is 13.5. The summed E-state index contributed by atoms with van der Waals surface area (Å²) in [6.45, 7) is 2.64. The molecule has 1 aliphatic heterocycles. The van der Waals surface area contributed by atoms with Crippen molar-refractivity contribution >= 4 is 10.0 Å². The molecule has 4 rings (SSSR count). The fraction of sp³-hybridized carbons (Fsp3) is 0.455. The first-order chi connectivity index (χ1) is 12.5. The summed E-state index contributed by atoms with van der Waals surface area (Å²) in [5.41, 5.74) is 2.34.